The van der Waals surface area contributed by atoms with Gasteiger partial charge in [-0.2, -0.15) is 0 Å². The number of benzene rings is 2. The third-order valence-electron chi connectivity index (χ3n) is 7.45. The van der Waals surface area contributed by atoms with Gasteiger partial charge in [-0.25, -0.2) is 0 Å². The molecule has 0 aromatic heterocycles. The third kappa shape index (κ3) is 5.56. The van der Waals surface area contributed by atoms with E-state index >= 15 is 0 Å². The summed E-state index contributed by atoms with van der Waals surface area (Å²) in [4.78, 5) is 0. The van der Waals surface area contributed by atoms with Gasteiger partial charge in [-0.15, -0.1) is 0 Å². The molecule has 0 saturated carbocycles. The Balaban J connectivity index is 1.50. The Morgan fingerprint density at radius 3 is 1.26 bits per heavy atom. The SMILES string of the molecule is Cc1cc(C=Cc2ccc([C@H]3O[C@H](CO)[C@@H](O)[C@H](O)[C@@H]3O)c(C)c2)ccc1[C@H]1O[C@H](CO)[C@@H](O)[C@H](O)[C@H]1O. The molecule has 0 radical (unpaired) electrons. The maximum Gasteiger partial charge on any atom is 0.113 e. The van der Waals surface area contributed by atoms with Crippen LogP contribution in [0.3, 0.4) is 0 Å². The van der Waals surface area contributed by atoms with Gasteiger partial charge in [-0.1, -0.05) is 48.6 Å². The van der Waals surface area contributed by atoms with E-state index in [-0.39, 0.29) is 0 Å². The quantitative estimate of drug-likeness (QED) is 0.226. The van der Waals surface area contributed by atoms with Crippen LogP contribution in [0.15, 0.2) is 36.4 Å². The fraction of sp³-hybridized carbons (Fsp3) is 0.500. The molecule has 0 aliphatic carbocycles. The van der Waals surface area contributed by atoms with Crippen LogP contribution >= 0.6 is 0 Å². The second-order valence-electron chi connectivity index (χ2n) is 10.1. The molecule has 2 saturated heterocycles. The highest BCUT2D eigenvalue weighted by Gasteiger charge is 2.45. The van der Waals surface area contributed by atoms with Crippen molar-refractivity contribution in [2.45, 2.75) is 74.9 Å². The summed E-state index contributed by atoms with van der Waals surface area (Å²) in [5.74, 6) is 0. The van der Waals surface area contributed by atoms with Crippen LogP contribution in [0.4, 0.5) is 0 Å². The summed E-state index contributed by atoms with van der Waals surface area (Å²) in [5.41, 5.74) is 4.60. The van der Waals surface area contributed by atoms with Crippen LogP contribution in [0.25, 0.3) is 12.2 Å². The number of aliphatic hydroxyl groups is 8. The van der Waals surface area contributed by atoms with E-state index in [0.717, 1.165) is 22.3 Å². The van der Waals surface area contributed by atoms with Crippen molar-refractivity contribution >= 4 is 12.2 Å². The summed E-state index contributed by atoms with van der Waals surface area (Å²) >= 11 is 0. The summed E-state index contributed by atoms with van der Waals surface area (Å²) in [5, 5.41) is 80.1. The predicted octanol–water partition coefficient (Wildman–Crippen LogP) is -0.496. The summed E-state index contributed by atoms with van der Waals surface area (Å²) in [6.07, 6.45) is -8.39. The summed E-state index contributed by atoms with van der Waals surface area (Å²) in [6.45, 7) is 2.70. The fourth-order valence-electron chi connectivity index (χ4n) is 5.15. The van der Waals surface area contributed by atoms with Gasteiger partial charge in [0, 0.05) is 0 Å². The van der Waals surface area contributed by atoms with Gasteiger partial charge in [0.05, 0.1) is 13.2 Å². The zero-order valence-corrected chi connectivity index (χ0v) is 21.2. The number of ether oxygens (including phenoxy) is 2. The van der Waals surface area contributed by atoms with Crippen LogP contribution in [0, 0.1) is 13.8 Å². The van der Waals surface area contributed by atoms with Crippen molar-refractivity contribution in [3.05, 3.63) is 69.8 Å². The largest absolute Gasteiger partial charge is 0.394 e. The lowest BCUT2D eigenvalue weighted by atomic mass is 9.88. The van der Waals surface area contributed by atoms with Gasteiger partial charge in [-0.3, -0.25) is 0 Å². The van der Waals surface area contributed by atoms with Crippen LogP contribution in [-0.4, -0.2) is 103 Å². The van der Waals surface area contributed by atoms with Crippen LogP contribution < -0.4 is 0 Å². The second-order valence-corrected chi connectivity index (χ2v) is 10.1. The van der Waals surface area contributed by atoms with Gasteiger partial charge in [0.25, 0.3) is 0 Å². The molecule has 208 valence electrons. The molecule has 2 heterocycles. The minimum Gasteiger partial charge on any atom is -0.394 e. The van der Waals surface area contributed by atoms with Crippen LogP contribution in [0.2, 0.25) is 0 Å². The van der Waals surface area contributed by atoms with Crippen molar-refractivity contribution in [3.8, 4) is 0 Å². The van der Waals surface area contributed by atoms with Crippen molar-refractivity contribution in [2.24, 2.45) is 0 Å². The molecule has 2 aliphatic rings. The second kappa shape index (κ2) is 11.9. The molecular formula is C28H36O10. The maximum absolute atomic E-state index is 10.4. The number of aryl methyl sites for hydroxylation is 2. The molecule has 10 atom stereocenters. The Bertz CT molecular complexity index is 1050. The Morgan fingerprint density at radius 2 is 0.947 bits per heavy atom. The fourth-order valence-corrected chi connectivity index (χ4v) is 5.15. The van der Waals surface area contributed by atoms with E-state index in [1.807, 2.05) is 50.3 Å². The average Bonchev–Trinajstić information content (AvgIpc) is 2.90. The highest BCUT2D eigenvalue weighted by molar-refractivity contribution is 5.70. The van der Waals surface area contributed by atoms with Gasteiger partial charge >= 0.3 is 0 Å². The van der Waals surface area contributed by atoms with Gasteiger partial charge in [-0.05, 0) is 47.2 Å². The number of hydrogen-bond acceptors (Lipinski definition) is 10. The van der Waals surface area contributed by atoms with Gasteiger partial charge in [0.15, 0.2) is 0 Å². The Morgan fingerprint density at radius 1 is 0.579 bits per heavy atom. The molecule has 2 fully saturated rings. The smallest absolute Gasteiger partial charge is 0.113 e. The first-order chi connectivity index (χ1) is 18.1. The summed E-state index contributed by atoms with van der Waals surface area (Å²) < 4.78 is 11.4. The lowest BCUT2D eigenvalue weighted by molar-refractivity contribution is -0.231. The Labute approximate surface area is 220 Å². The molecule has 8 N–H and O–H groups in total. The van der Waals surface area contributed by atoms with Crippen molar-refractivity contribution in [2.75, 3.05) is 13.2 Å². The van der Waals surface area contributed by atoms with Crippen molar-refractivity contribution < 1.29 is 50.3 Å². The van der Waals surface area contributed by atoms with Gasteiger partial charge < -0.3 is 50.3 Å². The van der Waals surface area contributed by atoms with E-state index < -0.39 is 74.3 Å². The maximum atomic E-state index is 10.4. The number of hydrogen-bond donors (Lipinski definition) is 8. The zero-order chi connectivity index (χ0) is 27.7. The summed E-state index contributed by atoms with van der Waals surface area (Å²) in [6, 6.07) is 11.0. The number of rotatable bonds is 6. The minimum atomic E-state index is -1.45. The minimum absolute atomic E-state index is 0.490. The van der Waals surface area contributed by atoms with E-state index in [2.05, 4.69) is 0 Å². The third-order valence-corrected chi connectivity index (χ3v) is 7.45. The molecule has 2 aromatic rings. The molecule has 4 rings (SSSR count). The Hall–Kier alpha value is -2.22. The van der Waals surface area contributed by atoms with Crippen molar-refractivity contribution in [1.82, 2.24) is 0 Å². The molecule has 0 bridgehead atoms. The normalized spacial score (nSPS) is 36.1. The monoisotopic (exact) mass is 532 g/mol. The number of aliphatic hydroxyl groups excluding tert-OH is 8. The van der Waals surface area contributed by atoms with Gasteiger partial charge in [0.2, 0.25) is 0 Å². The van der Waals surface area contributed by atoms with Crippen LogP contribution in [0.5, 0.6) is 0 Å². The first-order valence-electron chi connectivity index (χ1n) is 12.6. The predicted molar refractivity (Wildman–Crippen MR) is 137 cm³/mol. The highest BCUT2D eigenvalue weighted by atomic mass is 16.6. The van der Waals surface area contributed by atoms with E-state index in [0.29, 0.717) is 11.1 Å². The molecule has 0 unspecified atom stereocenters. The van der Waals surface area contributed by atoms with E-state index in [4.69, 9.17) is 9.47 Å². The van der Waals surface area contributed by atoms with E-state index in [1.165, 1.54) is 0 Å². The topological polar surface area (TPSA) is 180 Å². The van der Waals surface area contributed by atoms with Crippen LogP contribution in [-0.2, 0) is 9.47 Å². The van der Waals surface area contributed by atoms with Crippen molar-refractivity contribution in [3.63, 3.8) is 0 Å². The van der Waals surface area contributed by atoms with Gasteiger partial charge in [0.1, 0.15) is 61.0 Å². The first kappa shape index (κ1) is 28.8. The molecular weight excluding hydrogens is 496 g/mol. The molecule has 10 heteroatoms. The standard InChI is InChI=1S/C28H36O10/c1-13-9-15(5-7-17(13)27-25(35)23(33)21(31)19(11-29)37-27)3-4-16-6-8-18(14(2)10-16)28-26(36)24(34)22(32)20(12-30)38-28/h3-10,19-36H,11-12H2,1-2H3/t19-,20-,21-,22-,23+,24+,25-,26+,27-,28-/m1/s1. The summed E-state index contributed by atoms with van der Waals surface area (Å²) in [7, 11) is 0. The molecule has 10 nitrogen and oxygen atoms in total. The Kier molecular flexibility index (Phi) is 9.00. The lowest BCUT2D eigenvalue weighted by Gasteiger charge is -2.40. The first-order valence-corrected chi connectivity index (χ1v) is 12.6. The molecule has 0 spiro atoms. The molecule has 2 aliphatic heterocycles. The molecule has 2 aromatic carbocycles. The lowest BCUT2D eigenvalue weighted by Crippen LogP contribution is -2.55. The average molecular weight is 533 g/mol. The molecule has 0 amide bonds. The van der Waals surface area contributed by atoms with Crippen LogP contribution in [0.1, 0.15) is 45.6 Å². The van der Waals surface area contributed by atoms with Crippen molar-refractivity contribution in [1.29, 1.82) is 0 Å². The van der Waals surface area contributed by atoms with E-state index in [1.54, 1.807) is 12.1 Å². The highest BCUT2D eigenvalue weighted by Crippen LogP contribution is 2.36. The zero-order valence-electron chi connectivity index (χ0n) is 21.2. The molecule has 38 heavy (non-hydrogen) atoms. The van der Waals surface area contributed by atoms with E-state index in [9.17, 15) is 40.9 Å².